The van der Waals surface area contributed by atoms with Crippen molar-refractivity contribution < 1.29 is 19.9 Å². The van der Waals surface area contributed by atoms with Gasteiger partial charge in [0.15, 0.2) is 0 Å². The van der Waals surface area contributed by atoms with Gasteiger partial charge >= 0.3 is 0 Å². The van der Waals surface area contributed by atoms with E-state index in [9.17, 15) is 15.2 Å². The minimum Gasteiger partial charge on any atom is -0.394 e. The predicted octanol–water partition coefficient (Wildman–Crippen LogP) is 0.0370. The third-order valence-electron chi connectivity index (χ3n) is 2.63. The van der Waals surface area contributed by atoms with Crippen LogP contribution in [0.25, 0.3) is 0 Å². The van der Waals surface area contributed by atoms with Crippen molar-refractivity contribution in [2.24, 2.45) is 0 Å². The number of hydrogen-bond donors (Lipinski definition) is 2. The molecule has 0 spiro atoms. The first-order valence-corrected chi connectivity index (χ1v) is 4.88. The largest absolute Gasteiger partial charge is 0.394 e. The zero-order valence-corrected chi connectivity index (χ0v) is 8.39. The van der Waals surface area contributed by atoms with E-state index >= 15 is 0 Å². The predicted molar refractivity (Wildman–Crippen MR) is 52.7 cm³/mol. The highest BCUT2D eigenvalue weighted by molar-refractivity contribution is 5.26. The lowest BCUT2D eigenvalue weighted by atomic mass is 10.2. The van der Waals surface area contributed by atoms with Crippen LogP contribution in [0.1, 0.15) is 12.6 Å². The Labute approximate surface area is 91.0 Å². The number of rotatable bonds is 3. The van der Waals surface area contributed by atoms with Crippen molar-refractivity contribution in [1.29, 1.82) is 0 Å². The molecule has 2 heterocycles. The van der Waals surface area contributed by atoms with Crippen molar-refractivity contribution in [2.45, 2.75) is 24.9 Å². The van der Waals surface area contributed by atoms with Gasteiger partial charge in [-0.15, -0.1) is 0 Å². The zero-order valence-electron chi connectivity index (χ0n) is 8.39. The summed E-state index contributed by atoms with van der Waals surface area (Å²) in [5.41, 5.74) is -0.0226. The van der Waals surface area contributed by atoms with Gasteiger partial charge in [-0.3, -0.25) is 10.1 Å². The Kier molecular flexibility index (Phi) is 2.90. The van der Waals surface area contributed by atoms with E-state index in [1.54, 1.807) is 0 Å². The lowest BCUT2D eigenvalue weighted by molar-refractivity contribution is -0.384. The fourth-order valence-corrected chi connectivity index (χ4v) is 1.75. The standard InChI is InChI=1S/C9H12N2O5/c12-5-8-7(13)3-9(16-8)10-2-1-6(4-10)11(14)15/h1-2,4,7-9,12-13H,3,5H2/t7-,8+,9+/m0/s1. The average Bonchev–Trinajstić information content (AvgIpc) is 2.83. The molecule has 0 radical (unpaired) electrons. The summed E-state index contributed by atoms with van der Waals surface area (Å²) in [4.78, 5) is 9.98. The van der Waals surface area contributed by atoms with Crippen molar-refractivity contribution in [2.75, 3.05) is 6.61 Å². The van der Waals surface area contributed by atoms with Crippen LogP contribution < -0.4 is 0 Å². The molecule has 0 aromatic carbocycles. The van der Waals surface area contributed by atoms with E-state index in [2.05, 4.69) is 0 Å². The molecule has 0 unspecified atom stereocenters. The Morgan fingerprint density at radius 2 is 2.44 bits per heavy atom. The number of hydrogen-bond acceptors (Lipinski definition) is 5. The molecule has 0 saturated carbocycles. The molecule has 0 aliphatic carbocycles. The molecule has 0 amide bonds. The number of nitrogens with zero attached hydrogens (tertiary/aromatic N) is 2. The molecular weight excluding hydrogens is 216 g/mol. The zero-order chi connectivity index (χ0) is 11.7. The van der Waals surface area contributed by atoms with Gasteiger partial charge in [-0.25, -0.2) is 0 Å². The molecule has 1 aliphatic heterocycles. The van der Waals surface area contributed by atoms with E-state index in [0.29, 0.717) is 6.42 Å². The minimum absolute atomic E-state index is 0.0226. The van der Waals surface area contributed by atoms with Crippen molar-refractivity contribution in [3.8, 4) is 0 Å². The Morgan fingerprint density at radius 1 is 1.69 bits per heavy atom. The Hall–Kier alpha value is -1.44. The molecule has 1 aromatic rings. The van der Waals surface area contributed by atoms with Crippen LogP contribution in [0.4, 0.5) is 5.69 Å². The molecule has 7 nitrogen and oxygen atoms in total. The number of nitro groups is 1. The number of aromatic nitrogens is 1. The van der Waals surface area contributed by atoms with Gasteiger partial charge in [0.05, 0.1) is 23.8 Å². The summed E-state index contributed by atoms with van der Waals surface area (Å²) >= 11 is 0. The van der Waals surface area contributed by atoms with E-state index in [1.807, 2.05) is 0 Å². The van der Waals surface area contributed by atoms with Crippen LogP contribution in [0, 0.1) is 10.1 Å². The Bertz CT molecular complexity index is 391. The molecule has 2 N–H and O–H groups in total. The summed E-state index contributed by atoms with van der Waals surface area (Å²) in [7, 11) is 0. The van der Waals surface area contributed by atoms with E-state index in [-0.39, 0.29) is 12.3 Å². The SMILES string of the molecule is O=[N+]([O-])c1ccn([C@H]2C[C@H](O)[C@@H](CO)O2)c1. The van der Waals surface area contributed by atoms with Crippen LogP contribution in [-0.4, -0.2) is 38.5 Å². The summed E-state index contributed by atoms with van der Waals surface area (Å²) in [6, 6.07) is 1.36. The maximum atomic E-state index is 10.5. The second-order valence-electron chi connectivity index (χ2n) is 3.69. The summed E-state index contributed by atoms with van der Waals surface area (Å²) in [6.45, 7) is -0.263. The monoisotopic (exact) mass is 228 g/mol. The van der Waals surface area contributed by atoms with Crippen LogP contribution in [0.3, 0.4) is 0 Å². The van der Waals surface area contributed by atoms with Crippen LogP contribution in [-0.2, 0) is 4.74 Å². The van der Waals surface area contributed by atoms with Crippen molar-refractivity contribution in [3.63, 3.8) is 0 Å². The van der Waals surface area contributed by atoms with Gasteiger partial charge in [-0.05, 0) is 0 Å². The fraction of sp³-hybridized carbons (Fsp3) is 0.556. The minimum atomic E-state index is -0.739. The summed E-state index contributed by atoms with van der Waals surface area (Å²) in [6.07, 6.45) is 1.37. The molecular formula is C9H12N2O5. The van der Waals surface area contributed by atoms with Gasteiger partial charge in [0, 0.05) is 18.7 Å². The van der Waals surface area contributed by atoms with E-state index in [0.717, 1.165) is 0 Å². The highest BCUT2D eigenvalue weighted by Gasteiger charge is 2.34. The van der Waals surface area contributed by atoms with E-state index in [4.69, 9.17) is 9.84 Å². The first-order chi connectivity index (χ1) is 7.61. The smallest absolute Gasteiger partial charge is 0.286 e. The third-order valence-corrected chi connectivity index (χ3v) is 2.63. The topological polar surface area (TPSA) is 97.8 Å². The second-order valence-corrected chi connectivity index (χ2v) is 3.69. The Balaban J connectivity index is 2.11. The summed E-state index contributed by atoms with van der Waals surface area (Å²) in [5.74, 6) is 0. The van der Waals surface area contributed by atoms with Gasteiger partial charge in [0.2, 0.25) is 0 Å². The van der Waals surface area contributed by atoms with Gasteiger partial charge in [-0.1, -0.05) is 0 Å². The van der Waals surface area contributed by atoms with E-state index in [1.165, 1.54) is 23.0 Å². The highest BCUT2D eigenvalue weighted by atomic mass is 16.6. The number of aliphatic hydroxyl groups excluding tert-OH is 2. The molecule has 16 heavy (non-hydrogen) atoms. The van der Waals surface area contributed by atoms with Crippen molar-refractivity contribution in [3.05, 3.63) is 28.6 Å². The van der Waals surface area contributed by atoms with Crippen LogP contribution in [0.15, 0.2) is 18.5 Å². The molecule has 1 fully saturated rings. The van der Waals surface area contributed by atoms with Gasteiger partial charge < -0.3 is 19.5 Å². The molecule has 7 heteroatoms. The lowest BCUT2D eigenvalue weighted by Gasteiger charge is -2.12. The lowest BCUT2D eigenvalue weighted by Crippen LogP contribution is -2.24. The number of ether oxygens (including phenoxy) is 1. The molecule has 0 bridgehead atoms. The fourth-order valence-electron chi connectivity index (χ4n) is 1.75. The highest BCUT2D eigenvalue weighted by Crippen LogP contribution is 2.29. The molecule has 1 saturated heterocycles. The average molecular weight is 228 g/mol. The van der Waals surface area contributed by atoms with Gasteiger partial charge in [-0.2, -0.15) is 0 Å². The van der Waals surface area contributed by atoms with E-state index < -0.39 is 23.4 Å². The molecule has 2 rings (SSSR count). The maximum Gasteiger partial charge on any atom is 0.286 e. The first-order valence-electron chi connectivity index (χ1n) is 4.88. The van der Waals surface area contributed by atoms with Crippen LogP contribution >= 0.6 is 0 Å². The number of aliphatic hydroxyl groups is 2. The van der Waals surface area contributed by atoms with Crippen LogP contribution in [0.2, 0.25) is 0 Å². The summed E-state index contributed by atoms with van der Waals surface area (Å²) in [5, 5.41) is 28.9. The normalized spacial score (nSPS) is 29.5. The van der Waals surface area contributed by atoms with Crippen molar-refractivity contribution >= 4 is 5.69 Å². The Morgan fingerprint density at radius 3 is 2.94 bits per heavy atom. The molecule has 1 aromatic heterocycles. The second kappa shape index (κ2) is 4.20. The first kappa shape index (κ1) is 11.1. The van der Waals surface area contributed by atoms with Crippen molar-refractivity contribution in [1.82, 2.24) is 4.57 Å². The molecule has 1 aliphatic rings. The van der Waals surface area contributed by atoms with Crippen LogP contribution in [0.5, 0.6) is 0 Å². The molecule has 88 valence electrons. The van der Waals surface area contributed by atoms with Gasteiger partial charge in [0.25, 0.3) is 5.69 Å². The quantitative estimate of drug-likeness (QED) is 0.562. The maximum absolute atomic E-state index is 10.5. The third kappa shape index (κ3) is 1.92. The van der Waals surface area contributed by atoms with Gasteiger partial charge in [0.1, 0.15) is 12.3 Å². The summed E-state index contributed by atoms with van der Waals surface area (Å²) < 4.78 is 6.87. The molecule has 3 atom stereocenters.